The Morgan fingerprint density at radius 1 is 1.25 bits per heavy atom. The fourth-order valence-electron chi connectivity index (χ4n) is 3.24. The first-order valence-electron chi connectivity index (χ1n) is 7.38. The molecule has 1 aromatic rings. The average Bonchev–Trinajstić information content (AvgIpc) is 2.98. The second-order valence-electron chi connectivity index (χ2n) is 5.79. The molecule has 2 unspecified atom stereocenters. The van der Waals surface area contributed by atoms with E-state index < -0.39 is 5.97 Å². The highest BCUT2D eigenvalue weighted by Gasteiger charge is 2.30. The Morgan fingerprint density at radius 2 is 2.00 bits per heavy atom. The van der Waals surface area contributed by atoms with Gasteiger partial charge in [-0.3, -0.25) is 4.79 Å². The van der Waals surface area contributed by atoms with E-state index in [4.69, 9.17) is 9.84 Å². The van der Waals surface area contributed by atoms with Crippen LogP contribution >= 0.6 is 0 Å². The fraction of sp³-hybridized carbons (Fsp3) is 0.562. The zero-order valence-corrected chi connectivity index (χ0v) is 11.5. The Hall–Kier alpha value is -1.39. The van der Waals surface area contributed by atoms with Crippen molar-refractivity contribution in [1.82, 2.24) is 5.32 Å². The van der Waals surface area contributed by atoms with Crippen molar-refractivity contribution in [3.05, 3.63) is 35.4 Å². The number of rotatable bonds is 3. The molecule has 0 saturated carbocycles. The van der Waals surface area contributed by atoms with Gasteiger partial charge in [0.1, 0.15) is 0 Å². The molecule has 2 saturated heterocycles. The van der Waals surface area contributed by atoms with Crippen molar-refractivity contribution in [3.8, 4) is 0 Å². The number of carboxylic acids is 1. The number of nitrogens with one attached hydrogen (secondary N) is 1. The van der Waals surface area contributed by atoms with E-state index in [1.807, 2.05) is 0 Å². The zero-order chi connectivity index (χ0) is 13.9. The molecule has 3 rings (SSSR count). The Labute approximate surface area is 119 Å². The summed E-state index contributed by atoms with van der Waals surface area (Å²) in [6.07, 6.45) is 2.85. The van der Waals surface area contributed by atoms with Crippen molar-refractivity contribution in [1.29, 1.82) is 0 Å². The molecule has 0 radical (unpaired) electrons. The molecule has 2 aliphatic heterocycles. The van der Waals surface area contributed by atoms with Crippen LogP contribution in [-0.4, -0.2) is 30.8 Å². The lowest BCUT2D eigenvalue weighted by Crippen LogP contribution is -2.17. The number of carboxylic acid groups (broad SMARTS) is 1. The van der Waals surface area contributed by atoms with Gasteiger partial charge in [0.2, 0.25) is 0 Å². The maximum Gasteiger partial charge on any atom is 0.307 e. The van der Waals surface area contributed by atoms with E-state index in [9.17, 15) is 4.79 Å². The van der Waals surface area contributed by atoms with E-state index in [2.05, 4.69) is 29.6 Å². The average molecular weight is 275 g/mol. The number of ether oxygens (including phenoxy) is 1. The molecular weight excluding hydrogens is 254 g/mol. The number of benzene rings is 1. The third-order valence-corrected chi connectivity index (χ3v) is 4.49. The third-order valence-electron chi connectivity index (χ3n) is 4.49. The molecule has 1 aromatic carbocycles. The van der Waals surface area contributed by atoms with Crippen molar-refractivity contribution in [2.24, 2.45) is 5.92 Å². The maximum absolute atomic E-state index is 11.0. The molecule has 4 nitrogen and oxygen atoms in total. The Bertz CT molecular complexity index is 482. The molecule has 2 atom stereocenters. The van der Waals surface area contributed by atoms with Gasteiger partial charge in [0.25, 0.3) is 0 Å². The van der Waals surface area contributed by atoms with Crippen LogP contribution in [0.15, 0.2) is 24.3 Å². The standard InChI is InChI=1S/C16H21NO3/c18-16(19)14-9-15(17-10-14)13-3-1-2-12(8-13)11-4-6-20-7-5-11/h1-3,8,11,14-15,17H,4-7,9-10H2,(H,18,19). The first-order valence-corrected chi connectivity index (χ1v) is 7.38. The van der Waals surface area contributed by atoms with Crippen LogP contribution in [0.1, 0.15) is 42.3 Å². The minimum absolute atomic E-state index is 0.177. The summed E-state index contributed by atoms with van der Waals surface area (Å²) in [5.74, 6) is -0.368. The number of carbonyl (C=O) groups is 1. The molecule has 20 heavy (non-hydrogen) atoms. The van der Waals surface area contributed by atoms with Crippen LogP contribution in [0.5, 0.6) is 0 Å². The van der Waals surface area contributed by atoms with Crippen LogP contribution < -0.4 is 5.32 Å². The van der Waals surface area contributed by atoms with Crippen molar-refractivity contribution in [2.45, 2.75) is 31.2 Å². The van der Waals surface area contributed by atoms with Gasteiger partial charge in [-0.25, -0.2) is 0 Å². The maximum atomic E-state index is 11.0. The molecule has 2 heterocycles. The SMILES string of the molecule is O=C(O)C1CNC(c2cccc(C3CCOCC3)c2)C1. The Kier molecular flexibility index (Phi) is 4.03. The molecule has 0 amide bonds. The summed E-state index contributed by atoms with van der Waals surface area (Å²) >= 11 is 0. The monoisotopic (exact) mass is 275 g/mol. The summed E-state index contributed by atoms with van der Waals surface area (Å²) in [4.78, 5) is 11.0. The van der Waals surface area contributed by atoms with E-state index in [0.717, 1.165) is 26.1 Å². The van der Waals surface area contributed by atoms with Gasteiger partial charge in [0, 0.05) is 25.8 Å². The molecule has 2 aliphatic rings. The topological polar surface area (TPSA) is 58.6 Å². The van der Waals surface area contributed by atoms with Crippen molar-refractivity contribution in [3.63, 3.8) is 0 Å². The van der Waals surface area contributed by atoms with Crippen LogP contribution in [0.4, 0.5) is 0 Å². The lowest BCUT2D eigenvalue weighted by molar-refractivity contribution is -0.141. The normalized spacial score (nSPS) is 27.6. The van der Waals surface area contributed by atoms with Gasteiger partial charge >= 0.3 is 5.97 Å². The van der Waals surface area contributed by atoms with Gasteiger partial charge in [-0.2, -0.15) is 0 Å². The minimum atomic E-state index is -0.694. The Balaban J connectivity index is 1.73. The van der Waals surface area contributed by atoms with Gasteiger partial charge in [0.15, 0.2) is 0 Å². The summed E-state index contributed by atoms with van der Waals surface area (Å²) in [5, 5.41) is 12.4. The van der Waals surface area contributed by atoms with Crippen molar-refractivity contribution in [2.75, 3.05) is 19.8 Å². The predicted molar refractivity (Wildman–Crippen MR) is 75.7 cm³/mol. The second-order valence-corrected chi connectivity index (χ2v) is 5.79. The highest BCUT2D eigenvalue weighted by molar-refractivity contribution is 5.70. The van der Waals surface area contributed by atoms with E-state index in [1.54, 1.807) is 0 Å². The molecule has 108 valence electrons. The van der Waals surface area contributed by atoms with E-state index >= 15 is 0 Å². The summed E-state index contributed by atoms with van der Waals surface area (Å²) < 4.78 is 5.41. The minimum Gasteiger partial charge on any atom is -0.481 e. The molecular formula is C16H21NO3. The molecule has 0 spiro atoms. The van der Waals surface area contributed by atoms with Crippen LogP contribution in [0.2, 0.25) is 0 Å². The third kappa shape index (κ3) is 2.86. The summed E-state index contributed by atoms with van der Waals surface area (Å²) in [6, 6.07) is 8.80. The van der Waals surface area contributed by atoms with E-state index in [0.29, 0.717) is 18.9 Å². The molecule has 2 fully saturated rings. The largest absolute Gasteiger partial charge is 0.481 e. The summed E-state index contributed by atoms with van der Waals surface area (Å²) in [7, 11) is 0. The quantitative estimate of drug-likeness (QED) is 0.889. The van der Waals surface area contributed by atoms with Crippen molar-refractivity contribution < 1.29 is 14.6 Å². The van der Waals surface area contributed by atoms with Crippen LogP contribution in [0.25, 0.3) is 0 Å². The van der Waals surface area contributed by atoms with Gasteiger partial charge < -0.3 is 15.2 Å². The first-order chi connectivity index (χ1) is 9.74. The van der Waals surface area contributed by atoms with Gasteiger partial charge in [-0.15, -0.1) is 0 Å². The lowest BCUT2D eigenvalue weighted by Gasteiger charge is -2.23. The van der Waals surface area contributed by atoms with E-state index in [-0.39, 0.29) is 12.0 Å². The predicted octanol–water partition coefficient (Wildman–Crippen LogP) is 2.32. The molecule has 0 bridgehead atoms. The molecule has 4 heteroatoms. The molecule has 0 aliphatic carbocycles. The van der Waals surface area contributed by atoms with Crippen LogP contribution in [0.3, 0.4) is 0 Å². The number of aliphatic carboxylic acids is 1. The highest BCUT2D eigenvalue weighted by atomic mass is 16.5. The molecule has 0 aromatic heterocycles. The van der Waals surface area contributed by atoms with Gasteiger partial charge in [-0.05, 0) is 36.3 Å². The highest BCUT2D eigenvalue weighted by Crippen LogP contribution is 2.32. The van der Waals surface area contributed by atoms with Crippen LogP contribution in [-0.2, 0) is 9.53 Å². The van der Waals surface area contributed by atoms with Crippen molar-refractivity contribution >= 4 is 5.97 Å². The van der Waals surface area contributed by atoms with E-state index in [1.165, 1.54) is 11.1 Å². The summed E-state index contributed by atoms with van der Waals surface area (Å²) in [6.45, 7) is 2.26. The number of hydrogen-bond donors (Lipinski definition) is 2. The smallest absolute Gasteiger partial charge is 0.307 e. The first kappa shape index (κ1) is 13.6. The fourth-order valence-corrected chi connectivity index (χ4v) is 3.24. The van der Waals surface area contributed by atoms with Gasteiger partial charge in [-0.1, -0.05) is 24.3 Å². The van der Waals surface area contributed by atoms with Gasteiger partial charge in [0.05, 0.1) is 5.92 Å². The second kappa shape index (κ2) is 5.94. The summed E-state index contributed by atoms with van der Waals surface area (Å²) in [5.41, 5.74) is 2.59. The zero-order valence-electron chi connectivity index (χ0n) is 11.5. The van der Waals surface area contributed by atoms with Crippen LogP contribution in [0, 0.1) is 5.92 Å². The Morgan fingerprint density at radius 3 is 2.70 bits per heavy atom. The molecule has 2 N–H and O–H groups in total. The lowest BCUT2D eigenvalue weighted by atomic mass is 9.89. The number of hydrogen-bond acceptors (Lipinski definition) is 3.